The molecule has 2 aliphatic rings. The lowest BCUT2D eigenvalue weighted by molar-refractivity contribution is -0.693. The largest absolute Gasteiger partial charge is 0.376 e. The van der Waals surface area contributed by atoms with Gasteiger partial charge in [0, 0.05) is 25.0 Å². The number of nitrogens with two attached hydrogens (primary N) is 1. The molecule has 2 saturated heterocycles. The molecule has 3 heteroatoms. The van der Waals surface area contributed by atoms with Gasteiger partial charge in [-0.3, -0.25) is 0 Å². The summed E-state index contributed by atoms with van der Waals surface area (Å²) in [4.78, 5) is 0. The smallest absolute Gasteiger partial charge is 0.106 e. The third kappa shape index (κ3) is 4.38. The number of quaternary nitrogens is 1. The summed E-state index contributed by atoms with van der Waals surface area (Å²) in [6.07, 6.45) is 6.35. The van der Waals surface area contributed by atoms with Crippen LogP contribution in [0.4, 0.5) is 0 Å². The van der Waals surface area contributed by atoms with Crippen molar-refractivity contribution in [3.8, 4) is 0 Å². The first-order chi connectivity index (χ1) is 11.5. The van der Waals surface area contributed by atoms with Crippen LogP contribution in [0, 0.1) is 0 Å². The third-order valence-corrected chi connectivity index (χ3v) is 5.76. The number of hydrogen-bond acceptors (Lipinski definition) is 2. The minimum atomic E-state index is -0.0393. The Bertz CT molecular complexity index is 510. The maximum absolute atomic E-state index is 6.03. The molecule has 0 aromatic heterocycles. The second kappa shape index (κ2) is 7.55. The van der Waals surface area contributed by atoms with Gasteiger partial charge in [-0.2, -0.15) is 0 Å². The van der Waals surface area contributed by atoms with Crippen molar-refractivity contribution in [2.45, 2.75) is 76.0 Å². The highest BCUT2D eigenvalue weighted by atomic mass is 16.5. The fourth-order valence-corrected chi connectivity index (χ4v) is 4.72. The standard InChI is InChI=1S/C21H33NO2/c1-17(22-15-19-10-7-12-23-19)14-21(18-8-5-4-6-9-18)11-13-24-20(2,3)16-21/h4-6,8-9,17,19,22H,7,10-16H2,1-3H3/p+1/t17-,19-,21-/m0/s1. The van der Waals surface area contributed by atoms with Crippen molar-refractivity contribution in [2.75, 3.05) is 19.8 Å². The molecular weight excluding hydrogens is 298 g/mol. The maximum atomic E-state index is 6.03. The maximum Gasteiger partial charge on any atom is 0.106 e. The van der Waals surface area contributed by atoms with Crippen LogP contribution in [0.1, 0.15) is 58.4 Å². The Morgan fingerprint density at radius 2 is 2.00 bits per heavy atom. The van der Waals surface area contributed by atoms with Crippen molar-refractivity contribution in [3.05, 3.63) is 35.9 Å². The van der Waals surface area contributed by atoms with Gasteiger partial charge in [0.1, 0.15) is 12.6 Å². The van der Waals surface area contributed by atoms with Crippen LogP contribution in [-0.2, 0) is 14.9 Å². The van der Waals surface area contributed by atoms with Gasteiger partial charge in [-0.1, -0.05) is 30.3 Å². The average molecular weight is 333 g/mol. The molecule has 0 spiro atoms. The Labute approximate surface area is 147 Å². The monoisotopic (exact) mass is 332 g/mol. The third-order valence-electron chi connectivity index (χ3n) is 5.76. The van der Waals surface area contributed by atoms with Gasteiger partial charge in [-0.25, -0.2) is 0 Å². The molecule has 134 valence electrons. The van der Waals surface area contributed by atoms with E-state index in [1.807, 2.05) is 0 Å². The fraction of sp³-hybridized carbons (Fsp3) is 0.714. The van der Waals surface area contributed by atoms with Crippen LogP contribution in [0.2, 0.25) is 0 Å². The predicted octanol–water partition coefficient (Wildman–Crippen LogP) is 3.03. The summed E-state index contributed by atoms with van der Waals surface area (Å²) in [5.74, 6) is 0. The van der Waals surface area contributed by atoms with E-state index in [9.17, 15) is 0 Å². The van der Waals surface area contributed by atoms with Crippen LogP contribution in [0.3, 0.4) is 0 Å². The minimum absolute atomic E-state index is 0.0393. The van der Waals surface area contributed by atoms with E-state index >= 15 is 0 Å². The van der Waals surface area contributed by atoms with Crippen molar-refractivity contribution < 1.29 is 14.8 Å². The van der Waals surface area contributed by atoms with E-state index in [-0.39, 0.29) is 11.0 Å². The summed E-state index contributed by atoms with van der Waals surface area (Å²) in [6, 6.07) is 11.7. The zero-order chi connectivity index (χ0) is 17.0. The highest BCUT2D eigenvalue weighted by Crippen LogP contribution is 2.44. The lowest BCUT2D eigenvalue weighted by Crippen LogP contribution is -2.91. The molecule has 2 aliphatic heterocycles. The van der Waals surface area contributed by atoms with E-state index in [4.69, 9.17) is 9.47 Å². The van der Waals surface area contributed by atoms with Gasteiger partial charge in [0.25, 0.3) is 0 Å². The van der Waals surface area contributed by atoms with E-state index < -0.39 is 0 Å². The highest BCUT2D eigenvalue weighted by Gasteiger charge is 2.43. The Kier molecular flexibility index (Phi) is 5.63. The summed E-state index contributed by atoms with van der Waals surface area (Å²) >= 11 is 0. The lowest BCUT2D eigenvalue weighted by atomic mass is 9.66. The summed E-state index contributed by atoms with van der Waals surface area (Å²) in [7, 11) is 0. The molecule has 0 amide bonds. The van der Waals surface area contributed by atoms with Gasteiger partial charge in [0.15, 0.2) is 0 Å². The van der Waals surface area contributed by atoms with Gasteiger partial charge in [-0.05, 0) is 52.0 Å². The van der Waals surface area contributed by atoms with Crippen LogP contribution >= 0.6 is 0 Å². The Hall–Kier alpha value is -0.900. The molecule has 0 radical (unpaired) electrons. The molecule has 0 saturated carbocycles. The van der Waals surface area contributed by atoms with Gasteiger partial charge < -0.3 is 14.8 Å². The molecule has 2 fully saturated rings. The molecule has 2 heterocycles. The molecule has 0 unspecified atom stereocenters. The molecule has 0 aliphatic carbocycles. The molecule has 1 aromatic carbocycles. The first kappa shape index (κ1) is 17.9. The van der Waals surface area contributed by atoms with E-state index in [1.165, 1.54) is 24.8 Å². The Balaban J connectivity index is 1.70. The van der Waals surface area contributed by atoms with Crippen molar-refractivity contribution in [1.82, 2.24) is 0 Å². The SMILES string of the molecule is C[C@@H](C[C@@]1(c2ccccc2)CCOC(C)(C)C1)[NH2+]C[C@@H]1CCCO1. The molecule has 2 N–H and O–H groups in total. The zero-order valence-corrected chi connectivity index (χ0v) is 15.6. The van der Waals surface area contributed by atoms with Crippen LogP contribution in [0.5, 0.6) is 0 Å². The average Bonchev–Trinajstić information content (AvgIpc) is 3.06. The van der Waals surface area contributed by atoms with Crippen molar-refractivity contribution in [3.63, 3.8) is 0 Å². The van der Waals surface area contributed by atoms with Gasteiger partial charge >= 0.3 is 0 Å². The molecule has 3 atom stereocenters. The molecule has 3 nitrogen and oxygen atoms in total. The van der Waals surface area contributed by atoms with E-state index in [2.05, 4.69) is 56.4 Å². The quantitative estimate of drug-likeness (QED) is 0.869. The number of rotatable bonds is 6. The molecule has 0 bridgehead atoms. The summed E-state index contributed by atoms with van der Waals surface area (Å²) in [5.41, 5.74) is 1.68. The van der Waals surface area contributed by atoms with E-state index in [1.54, 1.807) is 0 Å². The van der Waals surface area contributed by atoms with E-state index in [0.29, 0.717) is 12.1 Å². The van der Waals surface area contributed by atoms with Gasteiger partial charge in [0.2, 0.25) is 0 Å². The van der Waals surface area contributed by atoms with Crippen molar-refractivity contribution in [2.24, 2.45) is 0 Å². The minimum Gasteiger partial charge on any atom is -0.376 e. The topological polar surface area (TPSA) is 35.1 Å². The van der Waals surface area contributed by atoms with Crippen molar-refractivity contribution in [1.29, 1.82) is 0 Å². The fourth-order valence-electron chi connectivity index (χ4n) is 4.72. The molecule has 3 rings (SSSR count). The van der Waals surface area contributed by atoms with Crippen LogP contribution in [0.15, 0.2) is 30.3 Å². The van der Waals surface area contributed by atoms with Gasteiger partial charge in [0.05, 0.1) is 11.6 Å². The Morgan fingerprint density at radius 3 is 2.67 bits per heavy atom. The first-order valence-electron chi connectivity index (χ1n) is 9.64. The normalized spacial score (nSPS) is 31.0. The first-order valence-corrected chi connectivity index (χ1v) is 9.64. The number of benzene rings is 1. The zero-order valence-electron chi connectivity index (χ0n) is 15.6. The molecule has 24 heavy (non-hydrogen) atoms. The van der Waals surface area contributed by atoms with Crippen LogP contribution in [0.25, 0.3) is 0 Å². The molecule has 1 aromatic rings. The van der Waals surface area contributed by atoms with Crippen molar-refractivity contribution >= 4 is 0 Å². The Morgan fingerprint density at radius 1 is 1.21 bits per heavy atom. The summed E-state index contributed by atoms with van der Waals surface area (Å²) in [5, 5.41) is 2.50. The lowest BCUT2D eigenvalue weighted by Gasteiger charge is -2.46. The van der Waals surface area contributed by atoms with Gasteiger partial charge in [-0.15, -0.1) is 0 Å². The summed E-state index contributed by atoms with van der Waals surface area (Å²) < 4.78 is 11.8. The second-order valence-corrected chi connectivity index (χ2v) is 8.47. The highest BCUT2D eigenvalue weighted by molar-refractivity contribution is 5.27. The number of hydrogen-bond donors (Lipinski definition) is 1. The van der Waals surface area contributed by atoms with Crippen LogP contribution < -0.4 is 5.32 Å². The van der Waals surface area contributed by atoms with Crippen LogP contribution in [-0.4, -0.2) is 37.5 Å². The van der Waals surface area contributed by atoms with E-state index in [0.717, 1.165) is 32.6 Å². The number of ether oxygens (including phenoxy) is 2. The summed E-state index contributed by atoms with van der Waals surface area (Å²) in [6.45, 7) is 9.77. The predicted molar refractivity (Wildman–Crippen MR) is 97.2 cm³/mol. The second-order valence-electron chi connectivity index (χ2n) is 8.47. The molecular formula is C21H34NO2+.